The quantitative estimate of drug-likeness (QED) is 0.731. The van der Waals surface area contributed by atoms with Crippen molar-refractivity contribution in [3.05, 3.63) is 29.3 Å². The summed E-state index contributed by atoms with van der Waals surface area (Å²) in [5.74, 6) is 1.70. The van der Waals surface area contributed by atoms with Crippen LogP contribution < -0.4 is 0 Å². The van der Waals surface area contributed by atoms with Crippen LogP contribution in [0, 0.1) is 18.7 Å². The number of aryl methyl sites for hydroxylation is 1. The largest absolute Gasteiger partial charge is 0.324 e. The van der Waals surface area contributed by atoms with Crippen LogP contribution in [-0.4, -0.2) is 9.55 Å². The van der Waals surface area contributed by atoms with E-state index in [4.69, 9.17) is 11.6 Å². The Bertz CT molecular complexity index is 629. The highest BCUT2D eigenvalue weighted by atomic mass is 35.5. The molecule has 1 unspecified atom stereocenters. The van der Waals surface area contributed by atoms with Crippen LogP contribution in [0.25, 0.3) is 11.0 Å². The number of fused-ring (bicyclic) bond motifs is 1. The first-order chi connectivity index (χ1) is 9.61. The number of hydrogen-bond acceptors (Lipinski definition) is 1. The molecule has 1 aromatic heterocycles. The third-order valence-corrected chi connectivity index (χ3v) is 4.89. The lowest BCUT2D eigenvalue weighted by Gasteiger charge is -2.23. The standard InChI is InChI=1S/C16H20ClFN2/c1-10-7-15-14(8-13(10)18)19-16(9-17)20(15)11(2)12-5-3-4-6-12/h7-8,11-12H,3-6,9H2,1-2H3. The molecule has 0 bridgehead atoms. The Morgan fingerprint density at radius 1 is 1.40 bits per heavy atom. The van der Waals surface area contributed by atoms with Gasteiger partial charge in [-0.25, -0.2) is 9.37 Å². The molecule has 3 rings (SSSR count). The third kappa shape index (κ3) is 2.22. The third-order valence-electron chi connectivity index (χ3n) is 4.65. The Balaban J connectivity index is 2.13. The Hall–Kier alpha value is -1.09. The highest BCUT2D eigenvalue weighted by molar-refractivity contribution is 6.16. The van der Waals surface area contributed by atoms with Crippen molar-refractivity contribution in [2.45, 2.75) is 51.5 Å². The summed E-state index contributed by atoms with van der Waals surface area (Å²) in [5.41, 5.74) is 2.39. The van der Waals surface area contributed by atoms with E-state index in [0.29, 0.717) is 28.9 Å². The summed E-state index contributed by atoms with van der Waals surface area (Å²) in [6.45, 7) is 4.04. The second kappa shape index (κ2) is 5.36. The molecule has 108 valence electrons. The summed E-state index contributed by atoms with van der Waals surface area (Å²) < 4.78 is 15.9. The lowest BCUT2D eigenvalue weighted by molar-refractivity contribution is 0.362. The van der Waals surface area contributed by atoms with E-state index in [-0.39, 0.29) is 5.82 Å². The molecule has 0 spiro atoms. The normalized spacial score (nSPS) is 18.0. The summed E-state index contributed by atoms with van der Waals surface area (Å²) in [5, 5.41) is 0. The molecule has 1 fully saturated rings. The maximum Gasteiger partial charge on any atom is 0.128 e. The molecule has 0 N–H and O–H groups in total. The summed E-state index contributed by atoms with van der Waals surface area (Å²) in [4.78, 5) is 4.52. The minimum absolute atomic E-state index is 0.197. The van der Waals surface area contributed by atoms with Crippen LogP contribution in [0.2, 0.25) is 0 Å². The van der Waals surface area contributed by atoms with Crippen LogP contribution in [0.3, 0.4) is 0 Å². The molecule has 0 amide bonds. The monoisotopic (exact) mass is 294 g/mol. The van der Waals surface area contributed by atoms with E-state index in [1.807, 2.05) is 6.07 Å². The Morgan fingerprint density at radius 2 is 2.10 bits per heavy atom. The van der Waals surface area contributed by atoms with Gasteiger partial charge in [-0.1, -0.05) is 12.8 Å². The molecular weight excluding hydrogens is 275 g/mol. The summed E-state index contributed by atoms with van der Waals surface area (Å²) in [6.07, 6.45) is 5.16. The molecule has 20 heavy (non-hydrogen) atoms. The van der Waals surface area contributed by atoms with Gasteiger partial charge in [0.15, 0.2) is 0 Å². The molecule has 1 aliphatic carbocycles. The van der Waals surface area contributed by atoms with Crippen LogP contribution in [0.1, 0.15) is 50.0 Å². The Labute approximate surface area is 123 Å². The van der Waals surface area contributed by atoms with Gasteiger partial charge in [0.1, 0.15) is 11.6 Å². The predicted molar refractivity (Wildman–Crippen MR) is 80.7 cm³/mol. The maximum atomic E-state index is 13.7. The van der Waals surface area contributed by atoms with Crippen molar-refractivity contribution in [2.75, 3.05) is 0 Å². The second-order valence-corrected chi connectivity index (χ2v) is 6.17. The lowest BCUT2D eigenvalue weighted by Crippen LogP contribution is -2.16. The molecule has 1 atom stereocenters. The number of benzene rings is 1. The Kier molecular flexibility index (Phi) is 3.72. The molecule has 1 aromatic carbocycles. The fraction of sp³-hybridized carbons (Fsp3) is 0.562. The van der Waals surface area contributed by atoms with Gasteiger partial charge in [-0.05, 0) is 44.2 Å². The molecule has 2 aromatic rings. The zero-order chi connectivity index (χ0) is 14.3. The summed E-state index contributed by atoms with van der Waals surface area (Å²) in [7, 11) is 0. The number of alkyl halides is 1. The van der Waals surface area contributed by atoms with E-state index in [2.05, 4.69) is 16.5 Å². The molecule has 0 aliphatic heterocycles. The van der Waals surface area contributed by atoms with Gasteiger partial charge < -0.3 is 4.57 Å². The molecule has 1 aliphatic rings. The van der Waals surface area contributed by atoms with Gasteiger partial charge in [-0.3, -0.25) is 0 Å². The molecule has 4 heteroatoms. The highest BCUT2D eigenvalue weighted by Gasteiger charge is 2.26. The molecule has 0 saturated heterocycles. The van der Waals surface area contributed by atoms with Crippen LogP contribution in [-0.2, 0) is 5.88 Å². The van der Waals surface area contributed by atoms with Crippen LogP contribution in [0.4, 0.5) is 4.39 Å². The van der Waals surface area contributed by atoms with Crippen molar-refractivity contribution in [1.29, 1.82) is 0 Å². The average molecular weight is 295 g/mol. The lowest BCUT2D eigenvalue weighted by atomic mass is 9.99. The van der Waals surface area contributed by atoms with Crippen molar-refractivity contribution in [3.8, 4) is 0 Å². The van der Waals surface area contributed by atoms with Gasteiger partial charge in [-0.15, -0.1) is 11.6 Å². The first kappa shape index (κ1) is 13.9. The molecule has 1 saturated carbocycles. The minimum atomic E-state index is -0.197. The van der Waals surface area contributed by atoms with E-state index < -0.39 is 0 Å². The predicted octanol–water partition coefficient (Wildman–Crippen LogP) is 4.97. The van der Waals surface area contributed by atoms with E-state index in [1.165, 1.54) is 31.7 Å². The van der Waals surface area contributed by atoms with Gasteiger partial charge in [0, 0.05) is 12.1 Å². The fourth-order valence-corrected chi connectivity index (χ4v) is 3.66. The number of halogens is 2. The zero-order valence-corrected chi connectivity index (χ0v) is 12.8. The summed E-state index contributed by atoms with van der Waals surface area (Å²) >= 11 is 6.06. The van der Waals surface area contributed by atoms with Crippen molar-refractivity contribution in [1.82, 2.24) is 9.55 Å². The van der Waals surface area contributed by atoms with E-state index in [0.717, 1.165) is 11.3 Å². The fourth-order valence-electron chi connectivity index (χ4n) is 3.47. The van der Waals surface area contributed by atoms with Gasteiger partial charge in [0.2, 0.25) is 0 Å². The molecule has 1 heterocycles. The zero-order valence-electron chi connectivity index (χ0n) is 12.0. The van der Waals surface area contributed by atoms with Gasteiger partial charge in [0.25, 0.3) is 0 Å². The van der Waals surface area contributed by atoms with Gasteiger partial charge >= 0.3 is 0 Å². The number of imidazole rings is 1. The van der Waals surface area contributed by atoms with Crippen molar-refractivity contribution in [3.63, 3.8) is 0 Å². The SMILES string of the molecule is Cc1cc2c(cc1F)nc(CCl)n2C(C)C1CCCC1. The topological polar surface area (TPSA) is 17.8 Å². The smallest absolute Gasteiger partial charge is 0.128 e. The van der Waals surface area contributed by atoms with E-state index >= 15 is 0 Å². The van der Waals surface area contributed by atoms with Crippen LogP contribution in [0.15, 0.2) is 12.1 Å². The number of rotatable bonds is 3. The number of nitrogens with zero attached hydrogens (tertiary/aromatic N) is 2. The van der Waals surface area contributed by atoms with E-state index in [9.17, 15) is 4.39 Å². The molecule has 2 nitrogen and oxygen atoms in total. The van der Waals surface area contributed by atoms with Crippen molar-refractivity contribution in [2.24, 2.45) is 5.92 Å². The van der Waals surface area contributed by atoms with Gasteiger partial charge in [-0.2, -0.15) is 0 Å². The number of aromatic nitrogens is 2. The first-order valence-corrected chi connectivity index (χ1v) is 7.88. The van der Waals surface area contributed by atoms with Crippen LogP contribution >= 0.6 is 11.6 Å². The van der Waals surface area contributed by atoms with E-state index in [1.54, 1.807) is 6.92 Å². The molecular formula is C16H20ClFN2. The van der Waals surface area contributed by atoms with Crippen molar-refractivity contribution >= 4 is 22.6 Å². The first-order valence-electron chi connectivity index (χ1n) is 7.34. The highest BCUT2D eigenvalue weighted by Crippen LogP contribution is 2.37. The average Bonchev–Trinajstić information content (AvgIpc) is 3.06. The minimum Gasteiger partial charge on any atom is -0.324 e. The second-order valence-electron chi connectivity index (χ2n) is 5.91. The summed E-state index contributed by atoms with van der Waals surface area (Å²) in [6, 6.07) is 3.80. The van der Waals surface area contributed by atoms with Gasteiger partial charge in [0.05, 0.1) is 16.9 Å². The van der Waals surface area contributed by atoms with Crippen LogP contribution in [0.5, 0.6) is 0 Å². The number of hydrogen-bond donors (Lipinski definition) is 0. The maximum absolute atomic E-state index is 13.7. The van der Waals surface area contributed by atoms with Crippen molar-refractivity contribution < 1.29 is 4.39 Å². The molecule has 0 radical (unpaired) electrons. The Morgan fingerprint density at radius 3 is 2.75 bits per heavy atom.